The van der Waals surface area contributed by atoms with Gasteiger partial charge in [-0.15, -0.1) is 0 Å². The fourth-order valence-electron chi connectivity index (χ4n) is 4.94. The molecular formula is C34H57NO3Si2. The topological polar surface area (TPSA) is 47.6 Å². The van der Waals surface area contributed by atoms with Gasteiger partial charge in [0.15, 0.2) is 16.6 Å². The van der Waals surface area contributed by atoms with Gasteiger partial charge in [-0.25, -0.2) is 0 Å². The molecule has 3 atom stereocenters. The zero-order valence-corrected chi connectivity index (χ0v) is 28.8. The SMILES string of the molecule is CC[Si](CC)(CC)O[C@H]1\C=C/C=C/C(C)=C/C=C/C[C@@H](C)NC(=O)/C=C/C=C/C(C)=C/[C@H]1O[Si](CC)(CC)CC. The number of rotatable bonds is 10. The Morgan fingerprint density at radius 1 is 0.725 bits per heavy atom. The number of carbonyl (C=O) groups is 1. The molecule has 0 saturated heterocycles. The van der Waals surface area contributed by atoms with E-state index < -0.39 is 16.6 Å². The molecule has 0 fully saturated rings. The highest BCUT2D eigenvalue weighted by Crippen LogP contribution is 2.30. The van der Waals surface area contributed by atoms with Crippen LogP contribution in [0.5, 0.6) is 0 Å². The molecule has 6 heteroatoms. The number of carbonyl (C=O) groups excluding carboxylic acids is 1. The van der Waals surface area contributed by atoms with Crippen molar-refractivity contribution in [2.24, 2.45) is 0 Å². The number of allylic oxidation sites excluding steroid dienone is 10. The fraction of sp³-hybridized carbons (Fsp3) is 0.559. The minimum Gasteiger partial charge on any atom is -0.408 e. The van der Waals surface area contributed by atoms with Crippen LogP contribution in [-0.2, 0) is 13.6 Å². The molecule has 1 amide bonds. The maximum absolute atomic E-state index is 12.3. The van der Waals surface area contributed by atoms with Gasteiger partial charge in [-0.2, -0.15) is 0 Å². The third kappa shape index (κ3) is 12.7. The molecule has 0 aromatic heterocycles. The van der Waals surface area contributed by atoms with Crippen molar-refractivity contribution in [2.75, 3.05) is 0 Å². The summed E-state index contributed by atoms with van der Waals surface area (Å²) in [5, 5.41) is 3.02. The van der Waals surface area contributed by atoms with Gasteiger partial charge in [0.25, 0.3) is 0 Å². The van der Waals surface area contributed by atoms with Crippen LogP contribution in [0.15, 0.2) is 84.1 Å². The Kier molecular flexibility index (Phi) is 17.3. The molecule has 0 unspecified atom stereocenters. The average Bonchev–Trinajstić information content (AvgIpc) is 2.95. The molecule has 224 valence electrons. The first kappa shape index (κ1) is 36.0. The third-order valence-corrected chi connectivity index (χ3v) is 17.5. The third-order valence-electron chi connectivity index (χ3n) is 8.25. The van der Waals surface area contributed by atoms with Crippen LogP contribution in [0.3, 0.4) is 0 Å². The minimum absolute atomic E-state index is 0.0665. The highest BCUT2D eigenvalue weighted by Gasteiger charge is 2.38. The van der Waals surface area contributed by atoms with E-state index in [0.717, 1.165) is 53.8 Å². The summed E-state index contributed by atoms with van der Waals surface area (Å²) in [5.74, 6) is -0.0827. The van der Waals surface area contributed by atoms with Crippen molar-refractivity contribution in [1.82, 2.24) is 5.32 Å². The van der Waals surface area contributed by atoms with Crippen molar-refractivity contribution in [3.8, 4) is 0 Å². The van der Waals surface area contributed by atoms with Crippen LogP contribution >= 0.6 is 0 Å². The van der Waals surface area contributed by atoms with Gasteiger partial charge in [0, 0.05) is 12.1 Å². The highest BCUT2D eigenvalue weighted by molar-refractivity contribution is 6.74. The molecule has 0 bridgehead atoms. The van der Waals surface area contributed by atoms with Crippen LogP contribution in [0.4, 0.5) is 0 Å². The first-order valence-electron chi connectivity index (χ1n) is 15.5. The Hall–Kier alpha value is -2.00. The molecule has 4 nitrogen and oxygen atoms in total. The summed E-state index contributed by atoms with van der Waals surface area (Å²) in [6.45, 7) is 19.9. The summed E-state index contributed by atoms with van der Waals surface area (Å²) in [6.07, 6.45) is 24.9. The lowest BCUT2D eigenvalue weighted by molar-refractivity contribution is -0.117. The maximum Gasteiger partial charge on any atom is 0.244 e. The van der Waals surface area contributed by atoms with Gasteiger partial charge in [0.2, 0.25) is 5.91 Å². The number of hydrogen-bond donors (Lipinski definition) is 1. The summed E-state index contributed by atoms with van der Waals surface area (Å²) in [5.41, 5.74) is 2.26. The molecule has 1 rings (SSSR count). The fourth-order valence-corrected chi connectivity index (χ4v) is 10.5. The quantitative estimate of drug-likeness (QED) is 0.261. The van der Waals surface area contributed by atoms with E-state index in [4.69, 9.17) is 8.85 Å². The van der Waals surface area contributed by atoms with E-state index in [-0.39, 0.29) is 24.2 Å². The standard InChI is InChI=1S/C34H57NO3Si2/c1-10-39(11-2,12-3)37-32-26-20-17-23-29(7)22-16-19-25-31(9)35-34(36)27-21-18-24-30(8)28-33(32)38-40(13-4,14-5)15-6/h16-24,26-28,31-33H,10-15,25H2,1-9H3,(H,35,36)/b19-16+,23-17+,24-18+,26-20-,27-21+,29-22+,30-28+/t31-,32+,33-/m1/s1. The molecule has 40 heavy (non-hydrogen) atoms. The molecule has 1 heterocycles. The van der Waals surface area contributed by atoms with Crippen LogP contribution < -0.4 is 5.32 Å². The van der Waals surface area contributed by atoms with Gasteiger partial charge in [-0.05, 0) is 63.5 Å². The van der Waals surface area contributed by atoms with Crippen LogP contribution in [0.2, 0.25) is 36.3 Å². The normalized spacial score (nSPS) is 28.7. The van der Waals surface area contributed by atoms with E-state index >= 15 is 0 Å². The van der Waals surface area contributed by atoms with Gasteiger partial charge in [0.1, 0.15) is 0 Å². The van der Waals surface area contributed by atoms with Crippen LogP contribution in [0, 0.1) is 0 Å². The van der Waals surface area contributed by atoms with E-state index in [1.54, 1.807) is 12.2 Å². The lowest BCUT2D eigenvalue weighted by Crippen LogP contribution is -2.48. The monoisotopic (exact) mass is 583 g/mol. The second kappa shape index (κ2) is 19.2. The van der Waals surface area contributed by atoms with E-state index in [0.29, 0.717) is 0 Å². The molecule has 1 aliphatic rings. The Morgan fingerprint density at radius 3 is 1.80 bits per heavy atom. The zero-order chi connectivity index (χ0) is 30.0. The van der Waals surface area contributed by atoms with Gasteiger partial charge in [-0.1, -0.05) is 120 Å². The van der Waals surface area contributed by atoms with Gasteiger partial charge in [-0.3, -0.25) is 4.79 Å². The summed E-state index contributed by atoms with van der Waals surface area (Å²) in [4.78, 5) is 12.3. The van der Waals surface area contributed by atoms with E-state index in [2.05, 4.69) is 115 Å². The second-order valence-corrected chi connectivity index (χ2v) is 20.5. The molecular weight excluding hydrogens is 527 g/mol. The molecule has 0 aromatic carbocycles. The Bertz CT molecular complexity index is 949. The molecule has 1 N–H and O–H groups in total. The predicted molar refractivity (Wildman–Crippen MR) is 180 cm³/mol. The van der Waals surface area contributed by atoms with Gasteiger partial charge < -0.3 is 14.2 Å². The van der Waals surface area contributed by atoms with Crippen molar-refractivity contribution < 1.29 is 13.6 Å². The number of nitrogens with one attached hydrogen (secondary N) is 1. The molecule has 1 aliphatic heterocycles. The minimum atomic E-state index is -1.92. The lowest BCUT2D eigenvalue weighted by atomic mass is 10.1. The first-order chi connectivity index (χ1) is 19.1. The molecule has 0 spiro atoms. The second-order valence-electron chi connectivity index (χ2n) is 11.0. The van der Waals surface area contributed by atoms with E-state index in [1.807, 2.05) is 13.0 Å². The van der Waals surface area contributed by atoms with Crippen molar-refractivity contribution in [2.45, 2.75) is 123 Å². The molecule has 0 saturated carbocycles. The van der Waals surface area contributed by atoms with E-state index in [9.17, 15) is 4.79 Å². The van der Waals surface area contributed by atoms with Crippen LogP contribution in [-0.4, -0.2) is 40.8 Å². The molecule has 0 aliphatic carbocycles. The predicted octanol–water partition coefficient (Wildman–Crippen LogP) is 9.35. The largest absolute Gasteiger partial charge is 0.408 e. The highest BCUT2D eigenvalue weighted by atomic mass is 28.4. The Morgan fingerprint density at radius 2 is 1.23 bits per heavy atom. The lowest BCUT2D eigenvalue weighted by Gasteiger charge is -2.39. The molecule has 0 radical (unpaired) electrons. The van der Waals surface area contributed by atoms with Crippen molar-refractivity contribution in [3.63, 3.8) is 0 Å². The van der Waals surface area contributed by atoms with E-state index in [1.165, 1.54) is 0 Å². The first-order valence-corrected chi connectivity index (χ1v) is 20.5. The number of hydrogen-bond acceptors (Lipinski definition) is 3. The summed E-state index contributed by atoms with van der Waals surface area (Å²) in [7, 11) is -3.83. The summed E-state index contributed by atoms with van der Waals surface area (Å²) >= 11 is 0. The van der Waals surface area contributed by atoms with Gasteiger partial charge >= 0.3 is 0 Å². The smallest absolute Gasteiger partial charge is 0.244 e. The zero-order valence-electron chi connectivity index (χ0n) is 26.8. The average molecular weight is 584 g/mol. The Labute approximate surface area is 248 Å². The summed E-state index contributed by atoms with van der Waals surface area (Å²) in [6, 6.07) is 6.59. The van der Waals surface area contributed by atoms with Crippen molar-refractivity contribution >= 4 is 22.5 Å². The van der Waals surface area contributed by atoms with Crippen LogP contribution in [0.1, 0.15) is 68.7 Å². The van der Waals surface area contributed by atoms with Crippen LogP contribution in [0.25, 0.3) is 0 Å². The van der Waals surface area contributed by atoms with Crippen molar-refractivity contribution in [1.29, 1.82) is 0 Å². The Balaban J connectivity index is 3.66. The van der Waals surface area contributed by atoms with Crippen molar-refractivity contribution in [3.05, 3.63) is 84.1 Å². The molecule has 0 aromatic rings. The maximum atomic E-state index is 12.3. The van der Waals surface area contributed by atoms with Gasteiger partial charge in [0.05, 0.1) is 12.2 Å². The number of amides is 1. The summed E-state index contributed by atoms with van der Waals surface area (Å²) < 4.78 is 14.3.